The van der Waals surface area contributed by atoms with Crippen molar-refractivity contribution < 1.29 is 4.74 Å². The van der Waals surface area contributed by atoms with Crippen LogP contribution >= 0.6 is 11.8 Å². The van der Waals surface area contributed by atoms with Crippen LogP contribution in [-0.2, 0) is 12.2 Å². The van der Waals surface area contributed by atoms with E-state index < -0.39 is 0 Å². The van der Waals surface area contributed by atoms with Crippen molar-refractivity contribution >= 4 is 22.5 Å². The summed E-state index contributed by atoms with van der Waals surface area (Å²) in [5.41, 5.74) is 2.93. The van der Waals surface area contributed by atoms with Crippen molar-refractivity contribution in [2.24, 2.45) is 0 Å². The number of H-pyrrole nitrogens is 1. The molecule has 0 bridgehead atoms. The molecule has 0 unspecified atom stereocenters. The molecule has 0 radical (unpaired) electrons. The van der Waals surface area contributed by atoms with Crippen molar-refractivity contribution in [1.82, 2.24) is 9.97 Å². The zero-order valence-corrected chi connectivity index (χ0v) is 16.3. The molecule has 0 aliphatic carbocycles. The number of nitrogens with zero attached hydrogens (tertiary/aromatic N) is 1. The minimum atomic E-state index is -0.127. The average Bonchev–Trinajstić information content (AvgIpc) is 2.72. The summed E-state index contributed by atoms with van der Waals surface area (Å²) in [4.78, 5) is 19.7. The third-order valence-corrected chi connectivity index (χ3v) is 5.48. The van der Waals surface area contributed by atoms with Crippen molar-refractivity contribution in [2.75, 3.05) is 7.11 Å². The lowest BCUT2D eigenvalue weighted by Gasteiger charge is -2.08. The average molecular weight is 388 g/mol. The lowest BCUT2D eigenvalue weighted by atomic mass is 10.0. The van der Waals surface area contributed by atoms with Crippen LogP contribution in [0.4, 0.5) is 0 Å². The Morgan fingerprint density at radius 2 is 1.82 bits per heavy atom. The van der Waals surface area contributed by atoms with E-state index in [4.69, 9.17) is 4.74 Å². The van der Waals surface area contributed by atoms with Gasteiger partial charge in [0, 0.05) is 18.2 Å². The van der Waals surface area contributed by atoms with Gasteiger partial charge in [-0.1, -0.05) is 66.4 Å². The molecule has 4 nitrogen and oxygen atoms in total. The number of hydrogen-bond donors (Lipinski definition) is 1. The summed E-state index contributed by atoms with van der Waals surface area (Å²) in [6.45, 7) is 0. The summed E-state index contributed by atoms with van der Waals surface area (Å²) in [6.07, 6.45) is 0.623. The summed E-state index contributed by atoms with van der Waals surface area (Å²) in [5, 5.41) is 3.01. The summed E-state index contributed by atoms with van der Waals surface area (Å²) >= 11 is 1.51. The molecule has 1 N–H and O–H groups in total. The maximum atomic E-state index is 12.1. The van der Waals surface area contributed by atoms with Gasteiger partial charge in [-0.15, -0.1) is 0 Å². The minimum Gasteiger partial charge on any atom is -0.497 e. The highest BCUT2D eigenvalue weighted by Crippen LogP contribution is 2.23. The predicted octanol–water partition coefficient (Wildman–Crippen LogP) is 4.81. The molecule has 3 aromatic carbocycles. The van der Waals surface area contributed by atoms with Gasteiger partial charge in [-0.2, -0.15) is 0 Å². The smallest absolute Gasteiger partial charge is 0.251 e. The van der Waals surface area contributed by atoms with E-state index in [0.717, 1.165) is 17.0 Å². The molecule has 28 heavy (non-hydrogen) atoms. The van der Waals surface area contributed by atoms with Gasteiger partial charge in [0.25, 0.3) is 5.56 Å². The molecule has 0 amide bonds. The first-order valence-electron chi connectivity index (χ1n) is 9.04. The van der Waals surface area contributed by atoms with Crippen LogP contribution in [0.3, 0.4) is 0 Å². The lowest BCUT2D eigenvalue weighted by Crippen LogP contribution is -2.10. The number of aromatic amines is 1. The van der Waals surface area contributed by atoms with E-state index in [1.807, 2.05) is 42.5 Å². The van der Waals surface area contributed by atoms with Gasteiger partial charge in [-0.25, -0.2) is 4.98 Å². The fraction of sp³-hybridized carbons (Fsp3) is 0.130. The molecule has 4 aromatic rings. The van der Waals surface area contributed by atoms with Crippen molar-refractivity contribution in [1.29, 1.82) is 0 Å². The maximum absolute atomic E-state index is 12.1. The zero-order chi connectivity index (χ0) is 19.3. The van der Waals surface area contributed by atoms with Crippen LogP contribution in [0, 0.1) is 0 Å². The highest BCUT2D eigenvalue weighted by atomic mass is 32.2. The van der Waals surface area contributed by atoms with E-state index >= 15 is 0 Å². The van der Waals surface area contributed by atoms with Crippen LogP contribution in [-0.4, -0.2) is 17.1 Å². The van der Waals surface area contributed by atoms with Gasteiger partial charge in [0.15, 0.2) is 5.16 Å². The third kappa shape index (κ3) is 4.26. The van der Waals surface area contributed by atoms with Crippen molar-refractivity contribution in [3.05, 3.63) is 100.0 Å². The minimum absolute atomic E-state index is 0.127. The van der Waals surface area contributed by atoms with Crippen LogP contribution in [0.2, 0.25) is 0 Å². The molecule has 0 aliphatic heterocycles. The third-order valence-electron chi connectivity index (χ3n) is 4.53. The van der Waals surface area contributed by atoms with Gasteiger partial charge in [-0.3, -0.25) is 4.79 Å². The molecule has 0 atom stereocenters. The molecule has 0 aliphatic rings. The van der Waals surface area contributed by atoms with Crippen molar-refractivity contribution in [3.63, 3.8) is 0 Å². The molecular weight excluding hydrogens is 368 g/mol. The standard InChI is InChI=1S/C23H20N2O2S/c1-27-20-10-4-6-16(12-20)15-28-23-24-19(14-22(26)25-23)13-18-9-5-8-17-7-2-3-11-21(17)18/h2-12,14H,13,15H2,1H3,(H,24,25,26). The van der Waals surface area contributed by atoms with Gasteiger partial charge in [0.1, 0.15) is 5.75 Å². The Morgan fingerprint density at radius 1 is 1.00 bits per heavy atom. The predicted molar refractivity (Wildman–Crippen MR) is 114 cm³/mol. The Labute approximate surface area is 167 Å². The van der Waals surface area contributed by atoms with E-state index in [0.29, 0.717) is 17.3 Å². The summed E-state index contributed by atoms with van der Waals surface area (Å²) in [7, 11) is 1.65. The monoisotopic (exact) mass is 388 g/mol. The van der Waals surface area contributed by atoms with Crippen LogP contribution in [0.1, 0.15) is 16.8 Å². The molecule has 0 saturated carbocycles. The second-order valence-corrected chi connectivity index (χ2v) is 7.46. The van der Waals surface area contributed by atoms with E-state index in [1.54, 1.807) is 13.2 Å². The van der Waals surface area contributed by atoms with Gasteiger partial charge >= 0.3 is 0 Å². The van der Waals surface area contributed by atoms with Crippen LogP contribution in [0.15, 0.2) is 82.7 Å². The van der Waals surface area contributed by atoms with E-state index in [2.05, 4.69) is 34.2 Å². The van der Waals surface area contributed by atoms with Gasteiger partial charge in [-0.05, 0) is 34.0 Å². The first kappa shape index (κ1) is 18.3. The molecule has 0 spiro atoms. The Morgan fingerprint density at radius 3 is 2.71 bits per heavy atom. The zero-order valence-electron chi connectivity index (χ0n) is 15.5. The topological polar surface area (TPSA) is 55.0 Å². The van der Waals surface area contributed by atoms with Gasteiger partial charge in [0.2, 0.25) is 0 Å². The highest BCUT2D eigenvalue weighted by molar-refractivity contribution is 7.98. The molecule has 5 heteroatoms. The van der Waals surface area contributed by atoms with Crippen LogP contribution < -0.4 is 10.3 Å². The Kier molecular flexibility index (Phi) is 5.44. The number of rotatable bonds is 6. The first-order valence-corrected chi connectivity index (χ1v) is 10.0. The maximum Gasteiger partial charge on any atom is 0.251 e. The SMILES string of the molecule is COc1cccc(CSc2nc(Cc3cccc4ccccc34)cc(=O)[nH]2)c1. The number of benzene rings is 3. The number of thioether (sulfide) groups is 1. The lowest BCUT2D eigenvalue weighted by molar-refractivity contribution is 0.414. The Bertz CT molecular complexity index is 1170. The number of nitrogens with one attached hydrogen (secondary N) is 1. The summed E-state index contributed by atoms with van der Waals surface area (Å²) in [5.74, 6) is 1.53. The molecule has 140 valence electrons. The number of ether oxygens (including phenoxy) is 1. The molecule has 1 aromatic heterocycles. The van der Waals surface area contributed by atoms with E-state index in [1.165, 1.54) is 28.1 Å². The molecule has 0 saturated heterocycles. The van der Waals surface area contributed by atoms with Crippen molar-refractivity contribution in [2.45, 2.75) is 17.3 Å². The molecule has 0 fully saturated rings. The quantitative estimate of drug-likeness (QED) is 0.380. The first-order chi connectivity index (χ1) is 13.7. The van der Waals surface area contributed by atoms with Crippen LogP contribution in [0.25, 0.3) is 10.8 Å². The van der Waals surface area contributed by atoms with E-state index in [9.17, 15) is 4.79 Å². The Balaban J connectivity index is 1.56. The number of methoxy groups -OCH3 is 1. The largest absolute Gasteiger partial charge is 0.497 e. The van der Waals surface area contributed by atoms with Gasteiger partial charge in [0.05, 0.1) is 12.8 Å². The second kappa shape index (κ2) is 8.31. The molecular formula is C23H20N2O2S. The molecule has 1 heterocycles. The summed E-state index contributed by atoms with van der Waals surface area (Å²) < 4.78 is 5.26. The number of fused-ring (bicyclic) bond motifs is 1. The Hall–Kier alpha value is -3.05. The molecule has 4 rings (SSSR count). The normalized spacial score (nSPS) is 10.9. The fourth-order valence-corrected chi connectivity index (χ4v) is 4.04. The van der Waals surface area contributed by atoms with Crippen LogP contribution in [0.5, 0.6) is 5.75 Å². The van der Waals surface area contributed by atoms with Gasteiger partial charge < -0.3 is 9.72 Å². The number of aromatic nitrogens is 2. The number of hydrogen-bond acceptors (Lipinski definition) is 4. The van der Waals surface area contributed by atoms with Crippen molar-refractivity contribution in [3.8, 4) is 5.75 Å². The van der Waals surface area contributed by atoms with E-state index in [-0.39, 0.29) is 5.56 Å². The summed E-state index contributed by atoms with van der Waals surface area (Å²) in [6, 6.07) is 24.0. The fourth-order valence-electron chi connectivity index (χ4n) is 3.20. The highest BCUT2D eigenvalue weighted by Gasteiger charge is 2.07. The second-order valence-electron chi connectivity index (χ2n) is 6.50.